The molecule has 6 heteroatoms. The van der Waals surface area contributed by atoms with Crippen LogP contribution >= 0.6 is 0 Å². The molecule has 0 unspecified atom stereocenters. The number of carbonyl (C=O) groups is 1. The van der Waals surface area contributed by atoms with E-state index in [1.54, 1.807) is 31.2 Å². The Balaban J connectivity index is 2.87. The highest BCUT2D eigenvalue weighted by molar-refractivity contribution is 7.93. The summed E-state index contributed by atoms with van der Waals surface area (Å²) in [7, 11) is -3.81. The molecule has 2 N–H and O–H groups in total. The van der Waals surface area contributed by atoms with Crippen LogP contribution in [0.3, 0.4) is 0 Å². The molecule has 1 aromatic rings. The summed E-state index contributed by atoms with van der Waals surface area (Å²) >= 11 is 0. The fraction of sp³-hybridized carbons (Fsp3) is 0.222. The molecule has 0 radical (unpaired) electrons. The molecule has 0 heterocycles. The van der Waals surface area contributed by atoms with Crippen LogP contribution in [0.1, 0.15) is 5.56 Å². The van der Waals surface area contributed by atoms with Crippen LogP contribution < -0.4 is 4.72 Å². The number of rotatable bonds is 4. The molecule has 0 aliphatic carbocycles. The van der Waals surface area contributed by atoms with Gasteiger partial charge in [0.2, 0.25) is 10.0 Å². The van der Waals surface area contributed by atoms with Crippen molar-refractivity contribution < 1.29 is 18.3 Å². The number of carboxylic acid groups (broad SMARTS) is 1. The van der Waals surface area contributed by atoms with E-state index in [4.69, 9.17) is 5.11 Å². The fourth-order valence-corrected chi connectivity index (χ4v) is 2.01. The largest absolute Gasteiger partial charge is 0.480 e. The third kappa shape index (κ3) is 3.59. The van der Waals surface area contributed by atoms with Gasteiger partial charge in [-0.2, -0.15) is 0 Å². The quantitative estimate of drug-likeness (QED) is 0.800. The minimum Gasteiger partial charge on any atom is -0.480 e. The lowest BCUT2D eigenvalue weighted by atomic mass is 10.2. The summed E-state index contributed by atoms with van der Waals surface area (Å²) in [6.07, 6.45) is 0. The number of nitrogens with one attached hydrogen (secondary N) is 1. The average Bonchev–Trinajstić information content (AvgIpc) is 2.06. The van der Waals surface area contributed by atoms with Gasteiger partial charge < -0.3 is 5.11 Å². The highest BCUT2D eigenvalue weighted by atomic mass is 32.2. The molecule has 0 aliphatic rings. The lowest BCUT2D eigenvalue weighted by Crippen LogP contribution is -2.22. The topological polar surface area (TPSA) is 83.5 Å². The van der Waals surface area contributed by atoms with E-state index in [0.29, 0.717) is 5.69 Å². The molecule has 0 bridgehead atoms. The summed E-state index contributed by atoms with van der Waals surface area (Å²) in [5.41, 5.74) is 1.14. The molecular weight excluding hydrogens is 218 g/mol. The van der Waals surface area contributed by atoms with E-state index < -0.39 is 21.7 Å². The van der Waals surface area contributed by atoms with Crippen molar-refractivity contribution in [2.45, 2.75) is 6.92 Å². The van der Waals surface area contributed by atoms with E-state index >= 15 is 0 Å². The Morgan fingerprint density at radius 2 is 2.00 bits per heavy atom. The van der Waals surface area contributed by atoms with Crippen molar-refractivity contribution in [1.29, 1.82) is 0 Å². The number of benzene rings is 1. The number of carboxylic acids is 1. The van der Waals surface area contributed by atoms with E-state index in [0.717, 1.165) is 5.56 Å². The summed E-state index contributed by atoms with van der Waals surface area (Å²) in [6, 6.07) is 6.75. The normalized spacial score (nSPS) is 11.0. The summed E-state index contributed by atoms with van der Waals surface area (Å²) in [6.45, 7) is 1.73. The van der Waals surface area contributed by atoms with Gasteiger partial charge in [-0.1, -0.05) is 18.2 Å². The van der Waals surface area contributed by atoms with Gasteiger partial charge in [0.25, 0.3) is 0 Å². The van der Waals surface area contributed by atoms with Crippen LogP contribution in [0.15, 0.2) is 24.3 Å². The Morgan fingerprint density at radius 1 is 1.40 bits per heavy atom. The van der Waals surface area contributed by atoms with Crippen molar-refractivity contribution in [3.05, 3.63) is 29.8 Å². The third-order valence-corrected chi connectivity index (χ3v) is 2.88. The van der Waals surface area contributed by atoms with Crippen LogP contribution in [0.2, 0.25) is 0 Å². The lowest BCUT2D eigenvalue weighted by molar-refractivity contribution is -0.134. The van der Waals surface area contributed by atoms with E-state index in [1.807, 2.05) is 0 Å². The maximum absolute atomic E-state index is 11.3. The van der Waals surface area contributed by atoms with Crippen LogP contribution in [-0.4, -0.2) is 25.2 Å². The zero-order chi connectivity index (χ0) is 11.5. The molecule has 0 atom stereocenters. The number of sulfonamides is 1. The monoisotopic (exact) mass is 229 g/mol. The van der Waals surface area contributed by atoms with Crippen molar-refractivity contribution >= 4 is 21.7 Å². The third-order valence-electron chi connectivity index (χ3n) is 1.72. The second-order valence-electron chi connectivity index (χ2n) is 3.07. The SMILES string of the molecule is Cc1ccccc1NS(=O)(=O)CC(=O)O. The molecule has 0 amide bonds. The lowest BCUT2D eigenvalue weighted by Gasteiger charge is -2.08. The summed E-state index contributed by atoms with van der Waals surface area (Å²) in [4.78, 5) is 10.3. The molecule has 1 rings (SSSR count). The number of hydrogen-bond donors (Lipinski definition) is 2. The van der Waals surface area contributed by atoms with E-state index in [-0.39, 0.29) is 0 Å². The second kappa shape index (κ2) is 4.31. The van der Waals surface area contributed by atoms with Crippen molar-refractivity contribution in [3.63, 3.8) is 0 Å². The molecule has 0 saturated carbocycles. The van der Waals surface area contributed by atoms with E-state index in [1.165, 1.54) is 0 Å². The summed E-state index contributed by atoms with van der Waals surface area (Å²) < 4.78 is 24.8. The number of aryl methyl sites for hydroxylation is 1. The Morgan fingerprint density at radius 3 is 2.53 bits per heavy atom. The van der Waals surface area contributed by atoms with Gasteiger partial charge in [-0.15, -0.1) is 0 Å². The van der Waals surface area contributed by atoms with E-state index in [2.05, 4.69) is 4.72 Å². The molecular formula is C9H11NO4S. The van der Waals surface area contributed by atoms with Crippen LogP contribution in [0.4, 0.5) is 5.69 Å². The van der Waals surface area contributed by atoms with Gasteiger partial charge in [-0.25, -0.2) is 8.42 Å². The smallest absolute Gasteiger partial charge is 0.320 e. The van der Waals surface area contributed by atoms with Crippen LogP contribution in [-0.2, 0) is 14.8 Å². The molecule has 0 spiro atoms. The maximum atomic E-state index is 11.3. The van der Waals surface area contributed by atoms with Gasteiger partial charge in [-0.05, 0) is 18.6 Å². The van der Waals surface area contributed by atoms with Crippen molar-refractivity contribution in [3.8, 4) is 0 Å². The highest BCUT2D eigenvalue weighted by Crippen LogP contribution is 2.14. The second-order valence-corrected chi connectivity index (χ2v) is 4.79. The molecule has 15 heavy (non-hydrogen) atoms. The van der Waals surface area contributed by atoms with Crippen molar-refractivity contribution in [2.75, 3.05) is 10.5 Å². The molecule has 0 saturated heterocycles. The summed E-state index contributed by atoms with van der Waals surface area (Å²) in [5.74, 6) is -2.31. The first kappa shape index (κ1) is 11.5. The Labute approximate surface area is 87.8 Å². The minimum atomic E-state index is -3.81. The van der Waals surface area contributed by atoms with Crippen LogP contribution in [0.5, 0.6) is 0 Å². The number of anilines is 1. The summed E-state index contributed by atoms with van der Waals surface area (Å²) in [5, 5.41) is 8.38. The van der Waals surface area contributed by atoms with Gasteiger partial charge in [0.1, 0.15) is 0 Å². The maximum Gasteiger partial charge on any atom is 0.320 e. The molecule has 0 aliphatic heterocycles. The number of hydrogen-bond acceptors (Lipinski definition) is 3. The first-order valence-electron chi connectivity index (χ1n) is 4.18. The predicted octanol–water partition coefficient (Wildman–Crippen LogP) is 0.821. The number of aliphatic carboxylic acids is 1. The van der Waals surface area contributed by atoms with E-state index in [9.17, 15) is 13.2 Å². The van der Waals surface area contributed by atoms with Gasteiger partial charge in [0, 0.05) is 0 Å². The average molecular weight is 229 g/mol. The molecule has 1 aromatic carbocycles. The van der Waals surface area contributed by atoms with Gasteiger partial charge >= 0.3 is 5.97 Å². The first-order valence-corrected chi connectivity index (χ1v) is 5.84. The number of para-hydroxylation sites is 1. The predicted molar refractivity (Wildman–Crippen MR) is 56.2 cm³/mol. The van der Waals surface area contributed by atoms with Gasteiger partial charge in [-0.3, -0.25) is 9.52 Å². The molecule has 82 valence electrons. The zero-order valence-electron chi connectivity index (χ0n) is 8.10. The highest BCUT2D eigenvalue weighted by Gasteiger charge is 2.15. The van der Waals surface area contributed by atoms with Crippen LogP contribution in [0, 0.1) is 6.92 Å². The first-order chi connectivity index (χ1) is 6.91. The Bertz CT molecular complexity index is 467. The minimum absolute atomic E-state index is 0.402. The molecule has 5 nitrogen and oxygen atoms in total. The molecule has 0 aromatic heterocycles. The van der Waals surface area contributed by atoms with Gasteiger partial charge in [0.05, 0.1) is 5.69 Å². The Kier molecular flexibility index (Phi) is 3.31. The van der Waals surface area contributed by atoms with Crippen molar-refractivity contribution in [1.82, 2.24) is 0 Å². The van der Waals surface area contributed by atoms with Crippen LogP contribution in [0.25, 0.3) is 0 Å². The fourth-order valence-electron chi connectivity index (χ4n) is 1.05. The van der Waals surface area contributed by atoms with Crippen molar-refractivity contribution in [2.24, 2.45) is 0 Å². The van der Waals surface area contributed by atoms with Gasteiger partial charge in [0.15, 0.2) is 5.75 Å². The standard InChI is InChI=1S/C9H11NO4S/c1-7-4-2-3-5-8(7)10-15(13,14)6-9(11)12/h2-5,10H,6H2,1H3,(H,11,12). The molecule has 0 fully saturated rings. The Hall–Kier alpha value is -1.56. The zero-order valence-corrected chi connectivity index (χ0v) is 8.91.